The van der Waals surface area contributed by atoms with Crippen LogP contribution >= 0.6 is 0 Å². The number of aldehydes is 1. The molecule has 0 spiro atoms. The Labute approximate surface area is 244 Å². The molecule has 2 aliphatic rings. The number of amides is 2. The molecule has 0 aliphatic carbocycles. The van der Waals surface area contributed by atoms with Crippen LogP contribution in [0.2, 0.25) is 0 Å². The number of benzene rings is 3. The van der Waals surface area contributed by atoms with Crippen molar-refractivity contribution in [1.82, 2.24) is 15.1 Å². The number of hydrogen-bond donors (Lipinski definition) is 1. The van der Waals surface area contributed by atoms with E-state index in [2.05, 4.69) is 22.3 Å². The summed E-state index contributed by atoms with van der Waals surface area (Å²) in [6.07, 6.45) is 3.15. The van der Waals surface area contributed by atoms with Gasteiger partial charge in [0.1, 0.15) is 24.0 Å². The van der Waals surface area contributed by atoms with Crippen molar-refractivity contribution in [3.63, 3.8) is 0 Å². The molecular formula is C33H35F2N3O4. The van der Waals surface area contributed by atoms with Gasteiger partial charge < -0.3 is 4.74 Å². The molecule has 0 saturated carbocycles. The molecule has 2 fully saturated rings. The van der Waals surface area contributed by atoms with Gasteiger partial charge in [-0.25, -0.2) is 8.78 Å². The van der Waals surface area contributed by atoms with E-state index in [0.29, 0.717) is 42.0 Å². The van der Waals surface area contributed by atoms with Crippen LogP contribution in [0, 0.1) is 11.6 Å². The summed E-state index contributed by atoms with van der Waals surface area (Å²) in [4.78, 5) is 39.9. The van der Waals surface area contributed by atoms with Crippen molar-refractivity contribution in [2.75, 3.05) is 20.1 Å². The predicted octanol–water partition coefficient (Wildman–Crippen LogP) is 4.97. The van der Waals surface area contributed by atoms with Gasteiger partial charge in [0.2, 0.25) is 11.8 Å². The fourth-order valence-electron chi connectivity index (χ4n) is 5.85. The highest BCUT2D eigenvalue weighted by Gasteiger charge is 2.30. The van der Waals surface area contributed by atoms with Crippen LogP contribution in [0.3, 0.4) is 0 Å². The molecule has 3 aromatic carbocycles. The second-order valence-electron chi connectivity index (χ2n) is 11.1. The summed E-state index contributed by atoms with van der Waals surface area (Å²) in [5.41, 5.74) is 3.93. The Morgan fingerprint density at radius 3 is 2.43 bits per heavy atom. The maximum Gasteiger partial charge on any atom is 0.243 e. The molecule has 2 amide bonds. The Balaban J connectivity index is 1.16. The average molecular weight is 576 g/mol. The molecule has 220 valence electrons. The van der Waals surface area contributed by atoms with Gasteiger partial charge in [-0.2, -0.15) is 0 Å². The zero-order chi connectivity index (χ0) is 29.6. The Hall–Kier alpha value is -3.95. The average Bonchev–Trinajstić information content (AvgIpc) is 2.98. The van der Waals surface area contributed by atoms with Crippen molar-refractivity contribution >= 4 is 18.1 Å². The minimum absolute atomic E-state index is 0.104. The number of ether oxygens (including phenoxy) is 1. The third-order valence-electron chi connectivity index (χ3n) is 8.26. The van der Waals surface area contributed by atoms with Crippen molar-refractivity contribution in [3.8, 4) is 5.75 Å². The lowest BCUT2D eigenvalue weighted by Crippen LogP contribution is -2.51. The fourth-order valence-corrected chi connectivity index (χ4v) is 5.85. The smallest absolute Gasteiger partial charge is 0.243 e. The molecule has 0 radical (unpaired) electrons. The van der Waals surface area contributed by atoms with E-state index in [0.717, 1.165) is 50.4 Å². The van der Waals surface area contributed by atoms with Gasteiger partial charge in [-0.1, -0.05) is 42.5 Å². The summed E-state index contributed by atoms with van der Waals surface area (Å²) in [6, 6.07) is 16.9. The van der Waals surface area contributed by atoms with Crippen LogP contribution in [0.15, 0.2) is 60.7 Å². The molecule has 0 bridgehead atoms. The predicted molar refractivity (Wildman–Crippen MR) is 154 cm³/mol. The first-order valence-corrected chi connectivity index (χ1v) is 14.3. The van der Waals surface area contributed by atoms with E-state index >= 15 is 0 Å². The number of rotatable bonds is 10. The quantitative estimate of drug-likeness (QED) is 0.272. The number of imide groups is 1. The number of carbonyl (C=O) groups excluding carboxylic acids is 3. The zero-order valence-corrected chi connectivity index (χ0v) is 23.7. The molecule has 1 atom stereocenters. The lowest BCUT2D eigenvalue weighted by atomic mass is 9.89. The molecule has 5 rings (SSSR count). The first kappa shape index (κ1) is 29.5. The molecule has 1 unspecified atom stereocenters. The zero-order valence-electron chi connectivity index (χ0n) is 23.7. The summed E-state index contributed by atoms with van der Waals surface area (Å²) in [6.45, 7) is 3.11. The third-order valence-corrected chi connectivity index (χ3v) is 8.26. The van der Waals surface area contributed by atoms with E-state index in [1.165, 1.54) is 11.6 Å². The highest BCUT2D eigenvalue weighted by Crippen LogP contribution is 2.31. The summed E-state index contributed by atoms with van der Waals surface area (Å²) >= 11 is 0. The van der Waals surface area contributed by atoms with Gasteiger partial charge in [0.15, 0.2) is 6.29 Å². The van der Waals surface area contributed by atoms with Crippen molar-refractivity contribution < 1.29 is 27.9 Å². The van der Waals surface area contributed by atoms with Crippen molar-refractivity contribution in [1.29, 1.82) is 0 Å². The highest BCUT2D eigenvalue weighted by molar-refractivity contribution is 6.00. The monoisotopic (exact) mass is 575 g/mol. The number of piperidine rings is 2. The minimum atomic E-state index is -0.546. The number of nitrogens with zero attached hydrogens (tertiary/aromatic N) is 2. The first-order chi connectivity index (χ1) is 20.3. The van der Waals surface area contributed by atoms with Crippen LogP contribution < -0.4 is 10.1 Å². The molecule has 3 aromatic rings. The first-order valence-electron chi connectivity index (χ1n) is 14.3. The van der Waals surface area contributed by atoms with Gasteiger partial charge in [-0.05, 0) is 74.1 Å². The summed E-state index contributed by atoms with van der Waals surface area (Å²) < 4.78 is 33.6. The maximum atomic E-state index is 14.2. The topological polar surface area (TPSA) is 79.0 Å². The second kappa shape index (κ2) is 13.4. The van der Waals surface area contributed by atoms with Crippen molar-refractivity contribution in [2.24, 2.45) is 0 Å². The van der Waals surface area contributed by atoms with Gasteiger partial charge in [-0.15, -0.1) is 0 Å². The van der Waals surface area contributed by atoms with Crippen LogP contribution in [0.5, 0.6) is 5.75 Å². The van der Waals surface area contributed by atoms with Crippen molar-refractivity contribution in [2.45, 2.75) is 57.3 Å². The van der Waals surface area contributed by atoms with E-state index < -0.39 is 17.7 Å². The molecule has 2 heterocycles. The number of carbonyl (C=O) groups is 3. The van der Waals surface area contributed by atoms with Gasteiger partial charge in [0.05, 0.1) is 6.04 Å². The number of likely N-dealkylation sites (N-methyl/N-ethyl adjacent to an activating group) is 1. The van der Waals surface area contributed by atoms with Gasteiger partial charge in [-0.3, -0.25) is 29.5 Å². The molecule has 7 nitrogen and oxygen atoms in total. The standard InChI is InChI=1S/C33H35F2N3O4/c1-37(30-11-12-32(40)36-33(30)41)19-28-25(20-39)3-2-4-31(28)42-21-23-7-5-22(6-8-23)18-38-15-13-24(14-16-38)27-10-9-26(34)17-29(27)35/h2-10,17,20,24,30H,11-16,18-19,21H2,1H3,(H,36,40,41). The van der Waals surface area contributed by atoms with Crippen LogP contribution in [-0.2, 0) is 29.3 Å². The van der Waals surface area contributed by atoms with E-state index in [4.69, 9.17) is 4.74 Å². The van der Waals surface area contributed by atoms with Crippen LogP contribution in [0.25, 0.3) is 0 Å². The Bertz CT molecular complexity index is 1440. The number of hydrogen-bond acceptors (Lipinski definition) is 6. The fraction of sp³-hybridized carbons (Fsp3) is 0.364. The van der Waals surface area contributed by atoms with Gasteiger partial charge in [0, 0.05) is 36.7 Å². The Morgan fingerprint density at radius 1 is 1.00 bits per heavy atom. The van der Waals surface area contributed by atoms with Crippen LogP contribution in [0.1, 0.15) is 64.2 Å². The Kier molecular flexibility index (Phi) is 9.39. The number of nitrogens with one attached hydrogen (secondary N) is 1. The maximum absolute atomic E-state index is 14.2. The van der Waals surface area contributed by atoms with Gasteiger partial charge >= 0.3 is 0 Å². The van der Waals surface area contributed by atoms with E-state index in [9.17, 15) is 23.2 Å². The lowest BCUT2D eigenvalue weighted by molar-refractivity contribution is -0.137. The summed E-state index contributed by atoms with van der Waals surface area (Å²) in [5.74, 6) is -0.925. The van der Waals surface area contributed by atoms with Crippen LogP contribution in [-0.4, -0.2) is 54.1 Å². The van der Waals surface area contributed by atoms with E-state index in [1.807, 2.05) is 23.1 Å². The van der Waals surface area contributed by atoms with Gasteiger partial charge in [0.25, 0.3) is 0 Å². The third kappa shape index (κ3) is 7.09. The SMILES string of the molecule is CN(Cc1c(C=O)cccc1OCc1ccc(CN2CCC(c3ccc(F)cc3F)CC2)cc1)C1CCC(=O)NC1=O. The molecule has 2 aliphatic heterocycles. The minimum Gasteiger partial charge on any atom is -0.489 e. The molecule has 1 N–H and O–H groups in total. The number of likely N-dealkylation sites (tertiary alicyclic amines) is 1. The van der Waals surface area contributed by atoms with E-state index in [1.54, 1.807) is 25.2 Å². The highest BCUT2D eigenvalue weighted by atomic mass is 19.1. The Morgan fingerprint density at radius 2 is 1.74 bits per heavy atom. The molecule has 9 heteroatoms. The summed E-state index contributed by atoms with van der Waals surface area (Å²) in [5, 5.41) is 2.38. The van der Waals surface area contributed by atoms with E-state index in [-0.39, 0.29) is 24.2 Å². The normalized spacial score (nSPS) is 18.2. The largest absolute Gasteiger partial charge is 0.489 e. The molecule has 2 saturated heterocycles. The molecular weight excluding hydrogens is 540 g/mol. The molecule has 0 aromatic heterocycles. The second-order valence-corrected chi connectivity index (χ2v) is 11.1. The molecule has 42 heavy (non-hydrogen) atoms. The van der Waals surface area contributed by atoms with Crippen LogP contribution in [0.4, 0.5) is 8.78 Å². The lowest BCUT2D eigenvalue weighted by Gasteiger charge is -2.32. The number of halogens is 2. The van der Waals surface area contributed by atoms with Crippen molar-refractivity contribution in [3.05, 3.63) is 100 Å². The summed E-state index contributed by atoms with van der Waals surface area (Å²) in [7, 11) is 1.80.